The van der Waals surface area contributed by atoms with Crippen LogP contribution >= 0.6 is 11.3 Å². The Balaban J connectivity index is 1.40. The smallest absolute Gasteiger partial charge is 0.206 e. The number of hydrogen-bond acceptors (Lipinski definition) is 6. The second kappa shape index (κ2) is 7.82. The maximum absolute atomic E-state index is 6.27. The number of pyridine rings is 1. The summed E-state index contributed by atoms with van der Waals surface area (Å²) in [6.07, 6.45) is 4.50. The summed E-state index contributed by atoms with van der Waals surface area (Å²) < 4.78 is 0. The van der Waals surface area contributed by atoms with E-state index in [1.807, 2.05) is 12.3 Å². The highest BCUT2D eigenvalue weighted by Crippen LogP contribution is 2.28. The van der Waals surface area contributed by atoms with Gasteiger partial charge in [-0.05, 0) is 36.4 Å². The van der Waals surface area contributed by atoms with E-state index in [9.17, 15) is 0 Å². The van der Waals surface area contributed by atoms with Gasteiger partial charge in [0.15, 0.2) is 0 Å². The fraction of sp³-hybridized carbons (Fsp3) is 0.190. The average molecular weight is 376 g/mol. The molecule has 0 bridgehead atoms. The van der Waals surface area contributed by atoms with Crippen LogP contribution in [0.2, 0.25) is 0 Å². The number of fused-ring (bicyclic) bond motifs is 1. The molecule has 6 heteroatoms. The van der Waals surface area contributed by atoms with Crippen molar-refractivity contribution in [3.63, 3.8) is 0 Å². The van der Waals surface area contributed by atoms with Gasteiger partial charge in [0.1, 0.15) is 5.01 Å². The van der Waals surface area contributed by atoms with E-state index in [1.165, 1.54) is 11.1 Å². The third kappa shape index (κ3) is 4.30. The van der Waals surface area contributed by atoms with E-state index in [2.05, 4.69) is 69.9 Å². The predicted molar refractivity (Wildman–Crippen MR) is 112 cm³/mol. The van der Waals surface area contributed by atoms with Crippen molar-refractivity contribution in [1.29, 1.82) is 0 Å². The Bertz CT molecular complexity index is 1060. The first kappa shape index (κ1) is 17.6. The van der Waals surface area contributed by atoms with Crippen LogP contribution in [0.5, 0.6) is 0 Å². The molecule has 0 amide bonds. The number of hydrogen-bond donors (Lipinski definition) is 2. The number of benzene rings is 2. The number of rotatable bonds is 6. The molecule has 1 atom stereocenters. The molecule has 0 aliphatic carbocycles. The number of nitrogens with zero attached hydrogens (tertiary/aromatic N) is 3. The molecule has 5 nitrogen and oxygen atoms in total. The highest BCUT2D eigenvalue weighted by Gasteiger charge is 2.09. The number of nitrogens with two attached hydrogens (primary N) is 1. The fourth-order valence-electron chi connectivity index (χ4n) is 3.06. The molecule has 0 fully saturated rings. The second-order valence-electron chi connectivity index (χ2n) is 6.68. The van der Waals surface area contributed by atoms with Crippen LogP contribution in [-0.4, -0.2) is 27.8 Å². The highest BCUT2D eigenvalue weighted by molar-refractivity contribution is 7.18. The van der Waals surface area contributed by atoms with Crippen LogP contribution in [0.1, 0.15) is 11.1 Å². The van der Waals surface area contributed by atoms with Gasteiger partial charge in [0.25, 0.3) is 0 Å². The van der Waals surface area contributed by atoms with Crippen molar-refractivity contribution in [2.24, 2.45) is 5.73 Å². The van der Waals surface area contributed by atoms with Crippen LogP contribution in [0.25, 0.3) is 21.3 Å². The Labute approximate surface area is 162 Å². The Morgan fingerprint density at radius 2 is 2.00 bits per heavy atom. The van der Waals surface area contributed by atoms with Crippen molar-refractivity contribution in [2.45, 2.75) is 19.4 Å². The van der Waals surface area contributed by atoms with E-state index in [0.717, 1.165) is 32.9 Å². The zero-order valence-corrected chi connectivity index (χ0v) is 15.9. The van der Waals surface area contributed by atoms with Crippen molar-refractivity contribution >= 4 is 27.2 Å². The molecule has 2 heterocycles. The minimum Gasteiger partial charge on any atom is -0.359 e. The van der Waals surface area contributed by atoms with Gasteiger partial charge in [0, 0.05) is 35.9 Å². The molecular weight excluding hydrogens is 354 g/mol. The maximum atomic E-state index is 6.27. The lowest BCUT2D eigenvalue weighted by atomic mass is 10.0. The topological polar surface area (TPSA) is 76.7 Å². The minimum atomic E-state index is 0.0207. The quantitative estimate of drug-likeness (QED) is 0.532. The Kier molecular flexibility index (Phi) is 5.09. The molecule has 2 aromatic carbocycles. The van der Waals surface area contributed by atoms with Crippen molar-refractivity contribution in [3.8, 4) is 10.6 Å². The summed E-state index contributed by atoms with van der Waals surface area (Å²) >= 11 is 1.54. The summed E-state index contributed by atoms with van der Waals surface area (Å²) in [5.74, 6) is 0. The monoisotopic (exact) mass is 375 g/mol. The third-order valence-electron chi connectivity index (χ3n) is 4.41. The summed E-state index contributed by atoms with van der Waals surface area (Å²) in [6, 6.07) is 16.7. The van der Waals surface area contributed by atoms with Crippen LogP contribution in [0, 0.1) is 6.92 Å². The highest BCUT2D eigenvalue weighted by atomic mass is 32.1. The lowest BCUT2D eigenvalue weighted by Crippen LogP contribution is -2.31. The van der Waals surface area contributed by atoms with Crippen molar-refractivity contribution in [1.82, 2.24) is 15.2 Å². The molecule has 0 saturated carbocycles. The Hall–Kier alpha value is -2.83. The van der Waals surface area contributed by atoms with E-state index in [1.54, 1.807) is 17.5 Å². The molecule has 2 aromatic heterocycles. The van der Waals surface area contributed by atoms with Gasteiger partial charge in [-0.2, -0.15) is 0 Å². The average Bonchev–Trinajstić information content (AvgIpc) is 3.15. The zero-order valence-electron chi connectivity index (χ0n) is 15.1. The molecule has 0 unspecified atom stereocenters. The SMILES string of the molecule is Cc1cccc(C[C@@H](N)CNc2nnc(-c3ccc4cnccc4c3)s2)c1. The maximum Gasteiger partial charge on any atom is 0.206 e. The molecule has 3 N–H and O–H groups in total. The van der Waals surface area contributed by atoms with E-state index in [4.69, 9.17) is 5.73 Å². The van der Waals surface area contributed by atoms with Crippen molar-refractivity contribution < 1.29 is 0 Å². The molecule has 4 rings (SSSR count). The van der Waals surface area contributed by atoms with Gasteiger partial charge < -0.3 is 11.1 Å². The summed E-state index contributed by atoms with van der Waals surface area (Å²) in [7, 11) is 0. The van der Waals surface area contributed by atoms with Gasteiger partial charge in [-0.1, -0.05) is 53.3 Å². The summed E-state index contributed by atoms with van der Waals surface area (Å²) in [6.45, 7) is 2.76. The van der Waals surface area contributed by atoms with Crippen LogP contribution in [0.4, 0.5) is 5.13 Å². The minimum absolute atomic E-state index is 0.0207. The first-order chi connectivity index (χ1) is 13.2. The number of aryl methyl sites for hydroxylation is 1. The van der Waals surface area contributed by atoms with Gasteiger partial charge in [-0.15, -0.1) is 10.2 Å². The lowest BCUT2D eigenvalue weighted by Gasteiger charge is -2.12. The predicted octanol–water partition coefficient (Wildman–Crippen LogP) is 4.04. The molecule has 0 aliphatic rings. The van der Waals surface area contributed by atoms with Gasteiger partial charge in [0.05, 0.1) is 0 Å². The van der Waals surface area contributed by atoms with Gasteiger partial charge in [-0.25, -0.2) is 0 Å². The van der Waals surface area contributed by atoms with Crippen molar-refractivity contribution in [3.05, 3.63) is 72.1 Å². The van der Waals surface area contributed by atoms with E-state index in [-0.39, 0.29) is 6.04 Å². The summed E-state index contributed by atoms with van der Waals surface area (Å²) in [5, 5.41) is 15.8. The second-order valence-corrected chi connectivity index (χ2v) is 7.66. The van der Waals surface area contributed by atoms with E-state index in [0.29, 0.717) is 6.54 Å². The Morgan fingerprint density at radius 3 is 2.89 bits per heavy atom. The van der Waals surface area contributed by atoms with Crippen LogP contribution < -0.4 is 11.1 Å². The standard InChI is InChI=1S/C21H21N5S/c1-14-3-2-4-15(9-14)10-19(22)13-24-21-26-25-20(27-21)17-5-6-18-12-23-8-7-16(18)11-17/h2-9,11-12,19H,10,13,22H2,1H3,(H,24,26)/t19-/m1/s1. The molecule has 0 radical (unpaired) electrons. The van der Waals surface area contributed by atoms with E-state index >= 15 is 0 Å². The molecule has 4 aromatic rings. The molecular formula is C21H21N5S. The van der Waals surface area contributed by atoms with Crippen LogP contribution in [0.15, 0.2) is 60.9 Å². The van der Waals surface area contributed by atoms with Crippen molar-refractivity contribution in [2.75, 3.05) is 11.9 Å². The summed E-state index contributed by atoms with van der Waals surface area (Å²) in [4.78, 5) is 4.15. The van der Waals surface area contributed by atoms with Gasteiger partial charge >= 0.3 is 0 Å². The normalized spacial score (nSPS) is 12.2. The summed E-state index contributed by atoms with van der Waals surface area (Å²) in [5.41, 5.74) is 9.84. The third-order valence-corrected chi connectivity index (χ3v) is 5.34. The molecule has 136 valence electrons. The number of nitrogens with one attached hydrogen (secondary N) is 1. The molecule has 27 heavy (non-hydrogen) atoms. The first-order valence-electron chi connectivity index (χ1n) is 8.90. The lowest BCUT2D eigenvalue weighted by molar-refractivity contribution is 0.698. The Morgan fingerprint density at radius 1 is 1.07 bits per heavy atom. The van der Waals surface area contributed by atoms with Gasteiger partial charge in [-0.3, -0.25) is 4.98 Å². The number of aromatic nitrogens is 3. The largest absolute Gasteiger partial charge is 0.359 e. The fourth-order valence-corrected chi connectivity index (χ4v) is 3.81. The van der Waals surface area contributed by atoms with Crippen LogP contribution in [-0.2, 0) is 6.42 Å². The molecule has 0 aliphatic heterocycles. The molecule has 0 saturated heterocycles. The molecule has 0 spiro atoms. The zero-order chi connectivity index (χ0) is 18.6. The van der Waals surface area contributed by atoms with Crippen LogP contribution in [0.3, 0.4) is 0 Å². The van der Waals surface area contributed by atoms with E-state index < -0.39 is 0 Å². The first-order valence-corrected chi connectivity index (χ1v) is 9.72. The number of anilines is 1. The van der Waals surface area contributed by atoms with Gasteiger partial charge in [0.2, 0.25) is 5.13 Å².